The van der Waals surface area contributed by atoms with Crippen molar-refractivity contribution in [2.75, 3.05) is 13.1 Å². The van der Waals surface area contributed by atoms with E-state index in [0.717, 1.165) is 47.6 Å². The van der Waals surface area contributed by atoms with Crippen LogP contribution in [0.3, 0.4) is 0 Å². The van der Waals surface area contributed by atoms with Crippen molar-refractivity contribution in [3.63, 3.8) is 0 Å². The fourth-order valence-corrected chi connectivity index (χ4v) is 3.12. The summed E-state index contributed by atoms with van der Waals surface area (Å²) in [6.45, 7) is 12.3. The molecule has 0 unspecified atom stereocenters. The second-order valence-corrected chi connectivity index (χ2v) is 6.71. The van der Waals surface area contributed by atoms with Gasteiger partial charge in [-0.3, -0.25) is 0 Å². The van der Waals surface area contributed by atoms with E-state index in [1.54, 1.807) is 11.3 Å². The molecule has 0 amide bonds. The summed E-state index contributed by atoms with van der Waals surface area (Å²) < 4.78 is 5.19. The van der Waals surface area contributed by atoms with Crippen LogP contribution in [0.1, 0.15) is 39.5 Å². The minimum atomic E-state index is 0. The van der Waals surface area contributed by atoms with Gasteiger partial charge < -0.3 is 15.2 Å². The fourth-order valence-electron chi connectivity index (χ4n) is 2.26. The van der Waals surface area contributed by atoms with Crippen LogP contribution in [-0.2, 0) is 13.0 Å². The van der Waals surface area contributed by atoms with Gasteiger partial charge in [0.25, 0.3) is 0 Å². The first-order valence-electron chi connectivity index (χ1n) is 7.88. The Morgan fingerprint density at radius 1 is 1.17 bits per heavy atom. The molecule has 24 heavy (non-hydrogen) atoms. The van der Waals surface area contributed by atoms with E-state index >= 15 is 0 Å². The van der Waals surface area contributed by atoms with E-state index in [1.807, 2.05) is 20.8 Å². The lowest BCUT2D eigenvalue weighted by atomic mass is 10.1. The van der Waals surface area contributed by atoms with E-state index in [0.29, 0.717) is 6.54 Å². The zero-order chi connectivity index (χ0) is 16.8. The summed E-state index contributed by atoms with van der Waals surface area (Å²) in [5.41, 5.74) is 3.22. The molecule has 2 N–H and O–H groups in total. The van der Waals surface area contributed by atoms with Gasteiger partial charge in [0.15, 0.2) is 5.96 Å². The van der Waals surface area contributed by atoms with Crippen LogP contribution in [0.4, 0.5) is 0 Å². The predicted molar refractivity (Wildman–Crippen MR) is 110 cm³/mol. The minimum absolute atomic E-state index is 0. The number of thiazole rings is 1. The molecule has 0 spiro atoms. The highest BCUT2D eigenvalue weighted by Crippen LogP contribution is 2.17. The third-order valence-corrected chi connectivity index (χ3v) is 4.70. The summed E-state index contributed by atoms with van der Waals surface area (Å²) in [6.07, 6.45) is 0.862. The second-order valence-electron chi connectivity index (χ2n) is 5.42. The zero-order valence-corrected chi connectivity index (χ0v) is 18.0. The van der Waals surface area contributed by atoms with E-state index in [2.05, 4.69) is 39.6 Å². The molecule has 0 aliphatic heterocycles. The lowest BCUT2D eigenvalue weighted by Crippen LogP contribution is -2.38. The molecule has 8 heteroatoms. The Balaban J connectivity index is 0.00000288. The molecule has 2 aromatic heterocycles. The van der Waals surface area contributed by atoms with Gasteiger partial charge in [-0.1, -0.05) is 5.16 Å². The molecule has 0 bridgehead atoms. The maximum atomic E-state index is 5.19. The lowest BCUT2D eigenvalue weighted by Gasteiger charge is -2.10. The Morgan fingerprint density at radius 3 is 2.46 bits per heavy atom. The number of hydrogen-bond acceptors (Lipinski definition) is 5. The van der Waals surface area contributed by atoms with Gasteiger partial charge in [-0.2, -0.15) is 0 Å². The Morgan fingerprint density at radius 2 is 1.92 bits per heavy atom. The number of halogens is 1. The van der Waals surface area contributed by atoms with Crippen molar-refractivity contribution < 1.29 is 4.52 Å². The molecular formula is C16H26IN5OS. The molecule has 0 aromatic carbocycles. The van der Waals surface area contributed by atoms with Crippen molar-refractivity contribution >= 4 is 41.3 Å². The van der Waals surface area contributed by atoms with Gasteiger partial charge in [-0.05, 0) is 41.0 Å². The van der Waals surface area contributed by atoms with Gasteiger partial charge in [0.2, 0.25) is 0 Å². The number of guanidine groups is 1. The maximum Gasteiger partial charge on any atom is 0.191 e. The molecule has 2 rings (SSSR count). The summed E-state index contributed by atoms with van der Waals surface area (Å²) in [5.74, 6) is 1.70. The van der Waals surface area contributed by atoms with Crippen molar-refractivity contribution in [3.05, 3.63) is 32.6 Å². The number of aliphatic imine (C=N–C) groups is 1. The topological polar surface area (TPSA) is 75.3 Å². The number of nitrogens with one attached hydrogen (secondary N) is 2. The van der Waals surface area contributed by atoms with Gasteiger partial charge in [0.1, 0.15) is 10.8 Å². The van der Waals surface area contributed by atoms with Crippen LogP contribution in [0, 0.1) is 27.7 Å². The third kappa shape index (κ3) is 5.73. The molecule has 134 valence electrons. The van der Waals surface area contributed by atoms with Gasteiger partial charge in [0.05, 0.1) is 17.9 Å². The summed E-state index contributed by atoms with van der Waals surface area (Å²) in [5, 5.41) is 11.6. The average Bonchev–Trinajstić information content (AvgIpc) is 3.00. The van der Waals surface area contributed by atoms with Crippen molar-refractivity contribution in [1.29, 1.82) is 0 Å². The van der Waals surface area contributed by atoms with E-state index in [9.17, 15) is 0 Å². The van der Waals surface area contributed by atoms with Crippen LogP contribution in [-0.4, -0.2) is 29.2 Å². The molecule has 0 radical (unpaired) electrons. The molecule has 0 atom stereocenters. The smallest absolute Gasteiger partial charge is 0.191 e. The first-order valence-corrected chi connectivity index (χ1v) is 8.69. The summed E-state index contributed by atoms with van der Waals surface area (Å²) in [6, 6.07) is 0. The highest BCUT2D eigenvalue weighted by atomic mass is 127. The number of hydrogen-bond donors (Lipinski definition) is 2. The number of aryl methyl sites for hydroxylation is 4. The molecular weight excluding hydrogens is 437 g/mol. The van der Waals surface area contributed by atoms with Gasteiger partial charge in [0, 0.05) is 23.5 Å². The number of rotatable bonds is 6. The van der Waals surface area contributed by atoms with Crippen LogP contribution in [0.2, 0.25) is 0 Å². The summed E-state index contributed by atoms with van der Waals surface area (Å²) in [4.78, 5) is 10.4. The Labute approximate surface area is 164 Å². The van der Waals surface area contributed by atoms with Crippen molar-refractivity contribution in [3.8, 4) is 0 Å². The van der Waals surface area contributed by atoms with E-state index in [4.69, 9.17) is 4.52 Å². The van der Waals surface area contributed by atoms with Crippen LogP contribution in [0.25, 0.3) is 0 Å². The third-order valence-electron chi connectivity index (χ3n) is 3.64. The molecule has 0 aliphatic carbocycles. The van der Waals surface area contributed by atoms with E-state index in [-0.39, 0.29) is 24.0 Å². The monoisotopic (exact) mass is 463 g/mol. The van der Waals surface area contributed by atoms with Crippen LogP contribution in [0.5, 0.6) is 0 Å². The van der Waals surface area contributed by atoms with Gasteiger partial charge >= 0.3 is 0 Å². The van der Waals surface area contributed by atoms with E-state index in [1.165, 1.54) is 10.4 Å². The van der Waals surface area contributed by atoms with Gasteiger partial charge in [-0.15, -0.1) is 35.3 Å². The average molecular weight is 463 g/mol. The first kappa shape index (κ1) is 20.9. The fraction of sp³-hybridized carbons (Fsp3) is 0.562. The minimum Gasteiger partial charge on any atom is -0.361 e. The molecule has 2 heterocycles. The predicted octanol–water partition coefficient (Wildman–Crippen LogP) is 3.28. The maximum absolute atomic E-state index is 5.19. The normalized spacial score (nSPS) is 11.3. The second kappa shape index (κ2) is 9.97. The molecule has 2 aromatic rings. The first-order chi connectivity index (χ1) is 11.0. The van der Waals surface area contributed by atoms with Crippen molar-refractivity contribution in [1.82, 2.24) is 20.8 Å². The van der Waals surface area contributed by atoms with Crippen LogP contribution in [0.15, 0.2) is 9.52 Å². The summed E-state index contributed by atoms with van der Waals surface area (Å²) >= 11 is 1.71. The lowest BCUT2D eigenvalue weighted by molar-refractivity contribution is 0.392. The molecule has 0 saturated carbocycles. The summed E-state index contributed by atoms with van der Waals surface area (Å²) in [7, 11) is 0. The number of nitrogens with zero attached hydrogens (tertiary/aromatic N) is 3. The SMILES string of the molecule is CCNC(=NCc1nc(C)c(C)s1)NCCc1c(C)noc1C.I. The van der Waals surface area contributed by atoms with Crippen molar-refractivity contribution in [2.24, 2.45) is 4.99 Å². The molecule has 0 fully saturated rings. The Hall–Kier alpha value is -1.16. The zero-order valence-electron chi connectivity index (χ0n) is 14.9. The quantitative estimate of drug-likeness (QED) is 0.391. The molecule has 0 aliphatic rings. The standard InChI is InChI=1S/C16H25N5OS.HI/c1-6-17-16(19-9-15-20-10(2)13(5)23-15)18-8-7-14-11(3)21-22-12(14)4;/h6-9H2,1-5H3,(H2,17,18,19);1H. The van der Waals surface area contributed by atoms with E-state index < -0.39 is 0 Å². The highest BCUT2D eigenvalue weighted by Gasteiger charge is 2.09. The van der Waals surface area contributed by atoms with Gasteiger partial charge in [-0.25, -0.2) is 9.98 Å². The Bertz CT molecular complexity index is 641. The number of aromatic nitrogens is 2. The van der Waals surface area contributed by atoms with Crippen molar-refractivity contribution in [2.45, 2.75) is 47.6 Å². The highest BCUT2D eigenvalue weighted by molar-refractivity contribution is 14.0. The van der Waals surface area contributed by atoms with Crippen LogP contribution < -0.4 is 10.6 Å². The van der Waals surface area contributed by atoms with Crippen LogP contribution >= 0.6 is 35.3 Å². The Kier molecular flexibility index (Phi) is 8.68. The molecule has 6 nitrogen and oxygen atoms in total. The largest absolute Gasteiger partial charge is 0.361 e. The molecule has 0 saturated heterocycles.